The van der Waals surface area contributed by atoms with E-state index in [1.54, 1.807) is 0 Å². The van der Waals surface area contributed by atoms with Crippen molar-refractivity contribution in [1.82, 2.24) is 4.57 Å². The molecule has 46 heavy (non-hydrogen) atoms. The van der Waals surface area contributed by atoms with Crippen LogP contribution in [-0.4, -0.2) is 4.57 Å². The van der Waals surface area contributed by atoms with Crippen molar-refractivity contribution in [2.75, 3.05) is 0 Å². The zero-order valence-electron chi connectivity index (χ0n) is 27.8. The summed E-state index contributed by atoms with van der Waals surface area (Å²) in [5.74, 6) is 1.03. The van der Waals surface area contributed by atoms with Crippen LogP contribution in [0.5, 0.6) is 0 Å². The van der Waals surface area contributed by atoms with Crippen LogP contribution in [0.1, 0.15) is 72.1 Å². The van der Waals surface area contributed by atoms with E-state index in [2.05, 4.69) is 149 Å². The quantitative estimate of drug-likeness (QED) is 0.188. The van der Waals surface area contributed by atoms with E-state index in [4.69, 9.17) is 0 Å². The lowest BCUT2D eigenvalue weighted by molar-refractivity contribution is 0.657. The van der Waals surface area contributed by atoms with Crippen LogP contribution < -0.4 is 0 Å². The van der Waals surface area contributed by atoms with Crippen LogP contribution in [0, 0.1) is 26.7 Å². The van der Waals surface area contributed by atoms with Crippen molar-refractivity contribution < 1.29 is 0 Å². The van der Waals surface area contributed by atoms with E-state index in [0.29, 0.717) is 11.8 Å². The molecule has 5 aromatic carbocycles. The van der Waals surface area contributed by atoms with Gasteiger partial charge in [-0.2, -0.15) is 0 Å². The van der Waals surface area contributed by atoms with Crippen LogP contribution in [-0.2, 0) is 11.8 Å². The minimum Gasteiger partial charge on any atom is -0.309 e. The Bertz CT molecular complexity index is 2320. The normalized spacial score (nSPS) is 19.1. The van der Waals surface area contributed by atoms with E-state index in [9.17, 15) is 0 Å². The van der Waals surface area contributed by atoms with Gasteiger partial charge in [-0.3, -0.25) is 0 Å². The highest BCUT2D eigenvalue weighted by molar-refractivity contribution is 6.12. The van der Waals surface area contributed by atoms with Crippen molar-refractivity contribution in [3.63, 3.8) is 0 Å². The Morgan fingerprint density at radius 1 is 0.652 bits per heavy atom. The second-order valence-electron chi connectivity index (χ2n) is 14.9. The number of allylic oxidation sites excluding steroid dienone is 4. The van der Waals surface area contributed by atoms with Gasteiger partial charge >= 0.3 is 0 Å². The molecule has 9 rings (SSSR count). The van der Waals surface area contributed by atoms with Gasteiger partial charge in [0.1, 0.15) is 0 Å². The number of fused-ring (bicyclic) bond motifs is 9. The van der Waals surface area contributed by atoms with Crippen LogP contribution in [0.3, 0.4) is 0 Å². The SMILES string of the molecule is Cc1ccc(-n2c3ccc(C)cc3c3cc4c(cc32)C(C)(C)c2cc3c(cc2-4)-c2cc(C)ccc2C(C2=CCC(C)C=C2)C3)cc1. The van der Waals surface area contributed by atoms with Crippen LogP contribution in [0.4, 0.5) is 0 Å². The summed E-state index contributed by atoms with van der Waals surface area (Å²) in [5, 5.41) is 2.66. The maximum atomic E-state index is 2.58. The van der Waals surface area contributed by atoms with Crippen molar-refractivity contribution >= 4 is 21.8 Å². The van der Waals surface area contributed by atoms with Gasteiger partial charge in [0.25, 0.3) is 0 Å². The van der Waals surface area contributed by atoms with Crippen molar-refractivity contribution in [3.8, 4) is 27.9 Å². The Morgan fingerprint density at radius 2 is 1.35 bits per heavy atom. The summed E-state index contributed by atoms with van der Waals surface area (Å²) >= 11 is 0. The number of hydrogen-bond acceptors (Lipinski definition) is 0. The number of aromatic nitrogens is 1. The smallest absolute Gasteiger partial charge is 0.0544 e. The molecule has 1 nitrogen and oxygen atoms in total. The van der Waals surface area contributed by atoms with Crippen molar-refractivity contribution in [2.24, 2.45) is 5.92 Å². The Balaban J connectivity index is 1.28. The Morgan fingerprint density at radius 3 is 2.13 bits per heavy atom. The summed E-state index contributed by atoms with van der Waals surface area (Å²) in [6.45, 7) is 13.8. The lowest BCUT2D eigenvalue weighted by Crippen LogP contribution is -2.18. The minimum atomic E-state index is -0.0970. The van der Waals surface area contributed by atoms with Crippen LogP contribution >= 0.6 is 0 Å². The second kappa shape index (κ2) is 9.69. The fraction of sp³-hybridized carbons (Fsp3) is 0.244. The molecule has 0 bridgehead atoms. The highest BCUT2D eigenvalue weighted by Crippen LogP contribution is 2.55. The van der Waals surface area contributed by atoms with Crippen molar-refractivity contribution in [2.45, 2.75) is 65.7 Å². The van der Waals surface area contributed by atoms with Gasteiger partial charge in [-0.15, -0.1) is 0 Å². The molecule has 2 atom stereocenters. The predicted molar refractivity (Wildman–Crippen MR) is 195 cm³/mol. The molecule has 226 valence electrons. The lowest BCUT2D eigenvalue weighted by atomic mass is 9.72. The van der Waals surface area contributed by atoms with E-state index >= 15 is 0 Å². The topological polar surface area (TPSA) is 4.93 Å². The molecular weight excluding hydrogens is 555 g/mol. The van der Waals surface area contributed by atoms with E-state index in [-0.39, 0.29) is 5.41 Å². The van der Waals surface area contributed by atoms with Gasteiger partial charge in [0.05, 0.1) is 11.0 Å². The summed E-state index contributed by atoms with van der Waals surface area (Å²) in [7, 11) is 0. The van der Waals surface area contributed by atoms with E-state index in [1.807, 2.05) is 0 Å². The predicted octanol–water partition coefficient (Wildman–Crippen LogP) is 11.8. The third kappa shape index (κ3) is 3.94. The molecular formula is C45H41N. The zero-order valence-corrected chi connectivity index (χ0v) is 27.8. The summed E-state index contributed by atoms with van der Waals surface area (Å²) in [6, 6.07) is 33.2. The second-order valence-corrected chi connectivity index (χ2v) is 14.9. The van der Waals surface area contributed by atoms with Gasteiger partial charge in [0.15, 0.2) is 0 Å². The summed E-state index contributed by atoms with van der Waals surface area (Å²) in [6.07, 6.45) is 9.50. The Labute approximate surface area is 272 Å². The highest BCUT2D eigenvalue weighted by Gasteiger charge is 2.39. The Kier molecular flexibility index (Phi) is 5.83. The zero-order chi connectivity index (χ0) is 31.5. The third-order valence-corrected chi connectivity index (χ3v) is 11.3. The molecule has 1 aromatic heterocycles. The lowest BCUT2D eigenvalue weighted by Gasteiger charge is -2.32. The highest BCUT2D eigenvalue weighted by atomic mass is 15.0. The van der Waals surface area contributed by atoms with Crippen molar-refractivity contribution in [3.05, 3.63) is 148 Å². The molecule has 0 saturated heterocycles. The molecule has 0 saturated carbocycles. The van der Waals surface area contributed by atoms with Gasteiger partial charge < -0.3 is 4.57 Å². The maximum absolute atomic E-state index is 2.58. The fourth-order valence-corrected chi connectivity index (χ4v) is 8.68. The van der Waals surface area contributed by atoms with Gasteiger partial charge in [-0.05, 0) is 132 Å². The first-order valence-electron chi connectivity index (χ1n) is 17.0. The first kappa shape index (κ1) is 27.7. The molecule has 0 aliphatic heterocycles. The van der Waals surface area contributed by atoms with Crippen LogP contribution in [0.2, 0.25) is 0 Å². The van der Waals surface area contributed by atoms with Gasteiger partial charge in [-0.25, -0.2) is 0 Å². The van der Waals surface area contributed by atoms with Crippen LogP contribution in [0.15, 0.2) is 109 Å². The van der Waals surface area contributed by atoms with Crippen LogP contribution in [0.25, 0.3) is 49.7 Å². The number of hydrogen-bond donors (Lipinski definition) is 0. The first-order chi connectivity index (χ1) is 22.2. The Hall–Kier alpha value is -4.62. The molecule has 0 N–H and O–H groups in total. The average molecular weight is 596 g/mol. The number of nitrogens with zero attached hydrogens (tertiary/aromatic N) is 1. The summed E-state index contributed by atoms with van der Waals surface area (Å²) in [5.41, 5.74) is 20.6. The molecule has 0 fully saturated rings. The monoisotopic (exact) mass is 595 g/mol. The molecule has 0 radical (unpaired) electrons. The number of aryl methyl sites for hydroxylation is 3. The molecule has 1 heteroatoms. The largest absolute Gasteiger partial charge is 0.309 e. The first-order valence-corrected chi connectivity index (χ1v) is 17.0. The summed E-state index contributed by atoms with van der Waals surface area (Å²) in [4.78, 5) is 0. The molecule has 3 aliphatic rings. The molecule has 0 amide bonds. The molecule has 6 aromatic rings. The third-order valence-electron chi connectivity index (χ3n) is 11.3. The minimum absolute atomic E-state index is 0.0970. The number of benzene rings is 5. The molecule has 2 unspecified atom stereocenters. The summed E-state index contributed by atoms with van der Waals surface area (Å²) < 4.78 is 2.48. The molecule has 3 aliphatic carbocycles. The maximum Gasteiger partial charge on any atom is 0.0544 e. The van der Waals surface area contributed by atoms with Gasteiger partial charge in [0, 0.05) is 27.8 Å². The molecule has 0 spiro atoms. The van der Waals surface area contributed by atoms with Gasteiger partial charge in [-0.1, -0.05) is 98.2 Å². The van der Waals surface area contributed by atoms with E-state index in [1.165, 1.54) is 94.3 Å². The average Bonchev–Trinajstić information content (AvgIpc) is 3.47. The standard InChI is InChI=1S/C45H41N/c1-26-7-13-30(14-8-26)34-21-31-22-41-37(23-35(31)36-19-28(3)11-17-33(34)36)38-24-40-39-20-29(4)12-18-43(39)46(32-15-9-27(2)10-16-32)44(40)25-42(38)45(41,5)6/h7,9-20,22-26,34H,8,21H2,1-6H3. The van der Waals surface area contributed by atoms with E-state index in [0.717, 1.165) is 12.8 Å². The van der Waals surface area contributed by atoms with Crippen molar-refractivity contribution in [1.29, 1.82) is 0 Å². The fourth-order valence-electron chi connectivity index (χ4n) is 8.68. The molecule has 1 heterocycles. The van der Waals surface area contributed by atoms with Gasteiger partial charge in [0.2, 0.25) is 0 Å². The van der Waals surface area contributed by atoms with E-state index < -0.39 is 0 Å². The number of rotatable bonds is 2.